The predicted octanol–water partition coefficient (Wildman–Crippen LogP) is 3.60. The van der Waals surface area contributed by atoms with Crippen LogP contribution in [-0.2, 0) is 17.9 Å². The van der Waals surface area contributed by atoms with E-state index in [4.69, 9.17) is 4.42 Å². The first kappa shape index (κ1) is 23.5. The third kappa shape index (κ3) is 5.69. The fourth-order valence-electron chi connectivity index (χ4n) is 4.21. The van der Waals surface area contributed by atoms with Crippen LogP contribution in [0.5, 0.6) is 0 Å². The number of halogens is 1. The Morgan fingerprint density at radius 1 is 0.917 bits per heavy atom. The standard InChI is InChI=1S/C27H26FN5O3/c28-22-8-6-21(7-9-22)26-30-33(27(35)36-26)19-25(34)29-23-10-12-24(13-11-23)32-16-14-31(15-17-32)18-20-4-2-1-3-5-20/h1-13H,14-19H2,(H,29,34). The maximum absolute atomic E-state index is 13.1. The van der Waals surface area contributed by atoms with Gasteiger partial charge < -0.3 is 14.6 Å². The summed E-state index contributed by atoms with van der Waals surface area (Å²) in [4.78, 5) is 29.3. The highest BCUT2D eigenvalue weighted by molar-refractivity contribution is 5.90. The molecule has 3 aromatic carbocycles. The van der Waals surface area contributed by atoms with Crippen molar-refractivity contribution < 1.29 is 13.6 Å². The first-order valence-electron chi connectivity index (χ1n) is 11.8. The van der Waals surface area contributed by atoms with Crippen molar-refractivity contribution in [2.45, 2.75) is 13.1 Å². The zero-order valence-electron chi connectivity index (χ0n) is 19.6. The second-order valence-corrected chi connectivity index (χ2v) is 8.68. The molecule has 8 nitrogen and oxygen atoms in total. The minimum Gasteiger partial charge on any atom is -0.388 e. The number of hydrogen-bond donors (Lipinski definition) is 1. The normalized spacial score (nSPS) is 14.1. The van der Waals surface area contributed by atoms with Gasteiger partial charge in [0.1, 0.15) is 12.4 Å². The summed E-state index contributed by atoms with van der Waals surface area (Å²) in [5, 5.41) is 6.82. The maximum Gasteiger partial charge on any atom is 0.437 e. The molecule has 184 valence electrons. The van der Waals surface area contributed by atoms with Crippen LogP contribution in [0.15, 0.2) is 88.1 Å². The summed E-state index contributed by atoms with van der Waals surface area (Å²) in [6.07, 6.45) is 0. The van der Waals surface area contributed by atoms with Crippen LogP contribution in [0, 0.1) is 5.82 Å². The number of aromatic nitrogens is 2. The van der Waals surface area contributed by atoms with E-state index in [0.29, 0.717) is 11.3 Å². The predicted molar refractivity (Wildman–Crippen MR) is 135 cm³/mol. The van der Waals surface area contributed by atoms with Crippen molar-refractivity contribution in [3.05, 3.63) is 101 Å². The first-order chi connectivity index (χ1) is 17.5. The van der Waals surface area contributed by atoms with Crippen molar-refractivity contribution in [3.8, 4) is 11.5 Å². The van der Waals surface area contributed by atoms with Crippen LogP contribution < -0.4 is 16.0 Å². The van der Waals surface area contributed by atoms with Gasteiger partial charge in [-0.2, -0.15) is 4.68 Å². The number of amides is 1. The van der Waals surface area contributed by atoms with Crippen LogP contribution >= 0.6 is 0 Å². The number of carbonyl (C=O) groups is 1. The highest BCUT2D eigenvalue weighted by Crippen LogP contribution is 2.20. The smallest absolute Gasteiger partial charge is 0.388 e. The molecule has 1 amide bonds. The van der Waals surface area contributed by atoms with Crippen molar-refractivity contribution in [3.63, 3.8) is 0 Å². The van der Waals surface area contributed by atoms with Gasteiger partial charge in [0.2, 0.25) is 11.8 Å². The molecule has 0 radical (unpaired) electrons. The lowest BCUT2D eigenvalue weighted by atomic mass is 10.2. The number of rotatable bonds is 7. The minimum atomic E-state index is -0.758. The van der Waals surface area contributed by atoms with Gasteiger partial charge in [-0.25, -0.2) is 9.18 Å². The highest BCUT2D eigenvalue weighted by atomic mass is 19.1. The van der Waals surface area contributed by atoms with Crippen molar-refractivity contribution in [2.24, 2.45) is 0 Å². The molecule has 1 aromatic heterocycles. The molecular formula is C27H26FN5O3. The van der Waals surface area contributed by atoms with Crippen LogP contribution in [0.2, 0.25) is 0 Å². The van der Waals surface area contributed by atoms with Crippen molar-refractivity contribution in [2.75, 3.05) is 36.4 Å². The van der Waals surface area contributed by atoms with Gasteiger partial charge >= 0.3 is 5.76 Å². The monoisotopic (exact) mass is 487 g/mol. The number of carbonyl (C=O) groups excluding carboxylic acids is 1. The van der Waals surface area contributed by atoms with Gasteiger partial charge in [0.25, 0.3) is 0 Å². The molecule has 0 saturated carbocycles. The lowest BCUT2D eigenvalue weighted by Crippen LogP contribution is -2.45. The number of hydrogen-bond acceptors (Lipinski definition) is 6. The molecule has 9 heteroatoms. The molecule has 5 rings (SSSR count). The maximum atomic E-state index is 13.1. The number of anilines is 2. The summed E-state index contributed by atoms with van der Waals surface area (Å²) < 4.78 is 19.2. The summed E-state index contributed by atoms with van der Waals surface area (Å²) in [7, 11) is 0. The second-order valence-electron chi connectivity index (χ2n) is 8.68. The Bertz CT molecular complexity index is 1360. The number of piperazine rings is 1. The van der Waals surface area contributed by atoms with E-state index in [1.165, 1.54) is 29.8 Å². The number of nitrogens with one attached hydrogen (secondary N) is 1. The quantitative estimate of drug-likeness (QED) is 0.429. The van der Waals surface area contributed by atoms with Gasteiger partial charge in [0, 0.05) is 49.7 Å². The average molecular weight is 488 g/mol. The Morgan fingerprint density at radius 3 is 2.31 bits per heavy atom. The lowest BCUT2D eigenvalue weighted by molar-refractivity contribution is -0.117. The molecular weight excluding hydrogens is 461 g/mol. The van der Waals surface area contributed by atoms with E-state index in [1.807, 2.05) is 30.3 Å². The van der Waals surface area contributed by atoms with E-state index < -0.39 is 17.5 Å². The van der Waals surface area contributed by atoms with Gasteiger partial charge in [0.15, 0.2) is 0 Å². The van der Waals surface area contributed by atoms with Gasteiger partial charge in [-0.3, -0.25) is 9.69 Å². The molecule has 0 aliphatic carbocycles. The Hall–Kier alpha value is -4.24. The molecule has 0 unspecified atom stereocenters. The molecule has 0 bridgehead atoms. The van der Waals surface area contributed by atoms with Crippen molar-refractivity contribution in [1.82, 2.24) is 14.7 Å². The summed E-state index contributed by atoms with van der Waals surface area (Å²) in [5.41, 5.74) is 3.50. The molecule has 0 atom stereocenters. The molecule has 2 heterocycles. The molecule has 1 saturated heterocycles. The van der Waals surface area contributed by atoms with Gasteiger partial charge in [0.05, 0.1) is 0 Å². The van der Waals surface area contributed by atoms with Crippen LogP contribution in [-0.4, -0.2) is 46.8 Å². The fraction of sp³-hybridized carbons (Fsp3) is 0.222. The third-order valence-corrected chi connectivity index (χ3v) is 6.13. The summed E-state index contributed by atoms with van der Waals surface area (Å²) >= 11 is 0. The van der Waals surface area contributed by atoms with Crippen LogP contribution in [0.1, 0.15) is 5.56 Å². The Balaban J connectivity index is 1.13. The van der Waals surface area contributed by atoms with Crippen LogP contribution in [0.3, 0.4) is 0 Å². The minimum absolute atomic E-state index is 0.0287. The molecule has 1 aliphatic rings. The van der Waals surface area contributed by atoms with E-state index in [0.717, 1.165) is 43.1 Å². The van der Waals surface area contributed by atoms with E-state index in [1.54, 1.807) is 0 Å². The van der Waals surface area contributed by atoms with E-state index in [2.05, 4.69) is 44.5 Å². The first-order valence-corrected chi connectivity index (χ1v) is 11.8. The Kier molecular flexibility index (Phi) is 6.90. The SMILES string of the molecule is O=C(Cn1nc(-c2ccc(F)cc2)oc1=O)Nc1ccc(N2CCN(Cc3ccccc3)CC2)cc1. The molecule has 1 fully saturated rings. The van der Waals surface area contributed by atoms with Gasteiger partial charge in [-0.05, 0) is 54.1 Å². The Morgan fingerprint density at radius 2 is 1.61 bits per heavy atom. The third-order valence-electron chi connectivity index (χ3n) is 6.13. The number of benzene rings is 3. The van der Waals surface area contributed by atoms with Crippen molar-refractivity contribution in [1.29, 1.82) is 0 Å². The fourth-order valence-corrected chi connectivity index (χ4v) is 4.21. The molecule has 1 N–H and O–H groups in total. The number of nitrogens with zero attached hydrogens (tertiary/aromatic N) is 4. The molecule has 4 aromatic rings. The van der Waals surface area contributed by atoms with Gasteiger partial charge in [-0.15, -0.1) is 5.10 Å². The molecule has 36 heavy (non-hydrogen) atoms. The highest BCUT2D eigenvalue weighted by Gasteiger charge is 2.18. The summed E-state index contributed by atoms with van der Waals surface area (Å²) in [6, 6.07) is 23.5. The summed E-state index contributed by atoms with van der Waals surface area (Å²) in [5.74, 6) is -1.54. The zero-order chi connectivity index (χ0) is 24.9. The largest absolute Gasteiger partial charge is 0.437 e. The van der Waals surface area contributed by atoms with Crippen LogP contribution in [0.4, 0.5) is 15.8 Å². The van der Waals surface area contributed by atoms with E-state index in [-0.39, 0.29) is 12.4 Å². The van der Waals surface area contributed by atoms with Crippen molar-refractivity contribution >= 4 is 17.3 Å². The Labute approximate surface area is 207 Å². The topological polar surface area (TPSA) is 83.6 Å². The lowest BCUT2D eigenvalue weighted by Gasteiger charge is -2.36. The van der Waals surface area contributed by atoms with Gasteiger partial charge in [-0.1, -0.05) is 30.3 Å². The van der Waals surface area contributed by atoms with Crippen LogP contribution in [0.25, 0.3) is 11.5 Å². The van der Waals surface area contributed by atoms with E-state index >= 15 is 0 Å². The summed E-state index contributed by atoms with van der Waals surface area (Å²) in [6.45, 7) is 4.50. The molecule has 0 spiro atoms. The second kappa shape index (κ2) is 10.6. The molecule has 1 aliphatic heterocycles. The average Bonchev–Trinajstić information content (AvgIpc) is 3.26. The zero-order valence-corrected chi connectivity index (χ0v) is 19.6. The van der Waals surface area contributed by atoms with E-state index in [9.17, 15) is 14.0 Å².